The Morgan fingerprint density at radius 1 is 1.40 bits per heavy atom. The quantitative estimate of drug-likeness (QED) is 0.771. The fourth-order valence-electron chi connectivity index (χ4n) is 1.14. The van der Waals surface area contributed by atoms with Crippen LogP contribution in [0.25, 0.3) is 0 Å². The lowest BCUT2D eigenvalue weighted by Crippen LogP contribution is -2.01. The van der Waals surface area contributed by atoms with Crippen molar-refractivity contribution in [3.05, 3.63) is 17.5 Å². The number of hydrogen-bond acceptors (Lipinski definition) is 4. The summed E-state index contributed by atoms with van der Waals surface area (Å²) in [6.07, 6.45) is -1.67. The number of hydrogen-bond donors (Lipinski definition) is 0. The molecule has 1 aromatic heterocycles. The van der Waals surface area contributed by atoms with Crippen molar-refractivity contribution < 1.29 is 18.3 Å². The summed E-state index contributed by atoms with van der Waals surface area (Å²) in [6, 6.07) is 1.58. The summed E-state index contributed by atoms with van der Waals surface area (Å²) in [6.45, 7) is 0. The summed E-state index contributed by atoms with van der Waals surface area (Å²) in [4.78, 5) is 3.55. The molecule has 15 heavy (non-hydrogen) atoms. The Bertz CT molecular complexity index is 402. The first-order chi connectivity index (χ1) is 7.15. The van der Waals surface area contributed by atoms with Crippen molar-refractivity contribution in [3.8, 4) is 17.6 Å². The number of aromatic nitrogens is 1. The second kappa shape index (κ2) is 4.55. The van der Waals surface area contributed by atoms with Crippen LogP contribution >= 0.6 is 0 Å². The van der Waals surface area contributed by atoms with E-state index in [-0.39, 0.29) is 17.2 Å². The van der Waals surface area contributed by atoms with E-state index in [2.05, 4.69) is 4.98 Å². The number of alkyl halides is 2. The summed E-state index contributed by atoms with van der Waals surface area (Å²) >= 11 is 0. The molecule has 0 amide bonds. The van der Waals surface area contributed by atoms with E-state index in [1.165, 1.54) is 20.4 Å². The molecule has 0 spiro atoms. The number of methoxy groups -OCH3 is 2. The zero-order valence-corrected chi connectivity index (χ0v) is 8.12. The van der Waals surface area contributed by atoms with E-state index in [0.717, 1.165) is 0 Å². The molecule has 0 saturated carbocycles. The minimum atomic E-state index is -2.84. The summed E-state index contributed by atoms with van der Waals surface area (Å²) in [5, 5.41) is 8.61. The first-order valence-corrected chi connectivity index (χ1v) is 3.94. The summed E-state index contributed by atoms with van der Waals surface area (Å²) < 4.78 is 34.9. The maximum Gasteiger partial charge on any atom is 0.270 e. The molecular weight excluding hydrogens is 206 g/mol. The van der Waals surface area contributed by atoms with Gasteiger partial charge in [-0.2, -0.15) is 5.26 Å². The molecule has 1 aromatic rings. The van der Waals surface area contributed by atoms with Crippen LogP contribution in [0.4, 0.5) is 8.78 Å². The van der Waals surface area contributed by atoms with Crippen molar-refractivity contribution in [2.75, 3.05) is 14.2 Å². The van der Waals surface area contributed by atoms with Crippen molar-refractivity contribution in [3.63, 3.8) is 0 Å². The fourth-order valence-corrected chi connectivity index (χ4v) is 1.14. The topological polar surface area (TPSA) is 55.1 Å². The summed E-state index contributed by atoms with van der Waals surface area (Å²) in [5.74, 6) is -0.0779. The lowest BCUT2D eigenvalue weighted by Gasteiger charge is -2.12. The number of rotatable bonds is 3. The second-order valence-electron chi connectivity index (χ2n) is 2.53. The Morgan fingerprint density at radius 3 is 2.47 bits per heavy atom. The van der Waals surface area contributed by atoms with Gasteiger partial charge >= 0.3 is 0 Å². The van der Waals surface area contributed by atoms with Gasteiger partial charge < -0.3 is 9.47 Å². The predicted octanol–water partition coefficient (Wildman–Crippen LogP) is 1.91. The minimum Gasteiger partial charge on any atom is -0.492 e. The van der Waals surface area contributed by atoms with E-state index in [1.54, 1.807) is 6.07 Å². The van der Waals surface area contributed by atoms with Gasteiger partial charge in [-0.05, 0) is 0 Å². The normalized spacial score (nSPS) is 9.87. The maximum atomic E-state index is 12.7. The van der Waals surface area contributed by atoms with Crippen molar-refractivity contribution in [1.82, 2.24) is 4.98 Å². The van der Waals surface area contributed by atoms with Gasteiger partial charge in [-0.25, -0.2) is 13.8 Å². The van der Waals surface area contributed by atoms with Gasteiger partial charge in [0.05, 0.1) is 20.4 Å². The monoisotopic (exact) mass is 214 g/mol. The third kappa shape index (κ3) is 1.96. The van der Waals surface area contributed by atoms with Crippen molar-refractivity contribution >= 4 is 0 Å². The largest absolute Gasteiger partial charge is 0.492 e. The first-order valence-electron chi connectivity index (χ1n) is 3.94. The SMILES string of the molecule is COc1cnc(C#N)c(C(F)F)c1OC. The molecule has 4 nitrogen and oxygen atoms in total. The number of pyridine rings is 1. The molecule has 0 aliphatic rings. The molecule has 0 aliphatic carbocycles. The molecule has 0 unspecified atom stereocenters. The average molecular weight is 214 g/mol. The molecule has 0 N–H and O–H groups in total. The van der Waals surface area contributed by atoms with Gasteiger partial charge in [0, 0.05) is 0 Å². The highest BCUT2D eigenvalue weighted by atomic mass is 19.3. The van der Waals surface area contributed by atoms with Crippen molar-refractivity contribution in [1.29, 1.82) is 5.26 Å². The predicted molar refractivity (Wildman–Crippen MR) is 47.0 cm³/mol. The zero-order chi connectivity index (χ0) is 11.4. The van der Waals surface area contributed by atoms with Crippen molar-refractivity contribution in [2.45, 2.75) is 6.43 Å². The molecular formula is C9H8F2N2O2. The van der Waals surface area contributed by atoms with Crippen LogP contribution in [0.2, 0.25) is 0 Å². The summed E-state index contributed by atoms with van der Waals surface area (Å²) in [7, 11) is 2.53. The highest BCUT2D eigenvalue weighted by molar-refractivity contribution is 5.51. The molecule has 1 heterocycles. The van der Waals surface area contributed by atoms with Crippen LogP contribution < -0.4 is 9.47 Å². The number of nitriles is 1. The Hall–Kier alpha value is -1.90. The van der Waals surface area contributed by atoms with E-state index in [4.69, 9.17) is 14.7 Å². The van der Waals surface area contributed by atoms with Gasteiger partial charge in [0.1, 0.15) is 11.6 Å². The van der Waals surface area contributed by atoms with Crippen LogP contribution in [0, 0.1) is 11.3 Å². The Labute approximate surface area is 85.1 Å². The van der Waals surface area contributed by atoms with E-state index in [0.29, 0.717) is 0 Å². The lowest BCUT2D eigenvalue weighted by molar-refractivity contribution is 0.145. The first kappa shape index (κ1) is 11.2. The Morgan fingerprint density at radius 2 is 2.07 bits per heavy atom. The fraction of sp³-hybridized carbons (Fsp3) is 0.333. The van der Waals surface area contributed by atoms with E-state index >= 15 is 0 Å². The Balaban J connectivity index is 3.46. The number of ether oxygens (including phenoxy) is 2. The molecule has 0 atom stereocenters. The molecule has 0 bridgehead atoms. The molecule has 6 heteroatoms. The summed E-state index contributed by atoms with van der Waals surface area (Å²) in [5.41, 5.74) is -0.901. The maximum absolute atomic E-state index is 12.7. The van der Waals surface area contributed by atoms with Crippen LogP contribution in [-0.4, -0.2) is 19.2 Å². The molecule has 0 aliphatic heterocycles. The standard InChI is InChI=1S/C9H8F2N2O2/c1-14-6-4-13-5(3-12)7(9(10)11)8(6)15-2/h4,9H,1-2H3. The van der Waals surface area contributed by atoms with Crippen molar-refractivity contribution in [2.24, 2.45) is 0 Å². The van der Waals surface area contributed by atoms with E-state index in [9.17, 15) is 8.78 Å². The highest BCUT2D eigenvalue weighted by Crippen LogP contribution is 2.37. The van der Waals surface area contributed by atoms with E-state index < -0.39 is 12.0 Å². The molecule has 0 radical (unpaired) electrons. The van der Waals surface area contributed by atoms with Crippen LogP contribution in [0.3, 0.4) is 0 Å². The van der Waals surface area contributed by atoms with Gasteiger partial charge in [-0.15, -0.1) is 0 Å². The van der Waals surface area contributed by atoms with Crippen LogP contribution in [0.1, 0.15) is 17.7 Å². The molecule has 0 fully saturated rings. The van der Waals surface area contributed by atoms with E-state index in [1.807, 2.05) is 0 Å². The van der Waals surface area contributed by atoms with Gasteiger partial charge in [-0.1, -0.05) is 0 Å². The van der Waals surface area contributed by atoms with Gasteiger partial charge in [-0.3, -0.25) is 0 Å². The average Bonchev–Trinajstić information content (AvgIpc) is 2.26. The lowest BCUT2D eigenvalue weighted by atomic mass is 10.2. The van der Waals surface area contributed by atoms with Crippen LogP contribution in [0.5, 0.6) is 11.5 Å². The number of nitrogens with zero attached hydrogens (tertiary/aromatic N) is 2. The second-order valence-corrected chi connectivity index (χ2v) is 2.53. The molecule has 80 valence electrons. The third-order valence-electron chi connectivity index (χ3n) is 1.78. The number of halogens is 2. The zero-order valence-electron chi connectivity index (χ0n) is 8.12. The van der Waals surface area contributed by atoms with Gasteiger partial charge in [0.15, 0.2) is 17.2 Å². The third-order valence-corrected chi connectivity index (χ3v) is 1.78. The molecule has 0 aromatic carbocycles. The smallest absolute Gasteiger partial charge is 0.270 e. The van der Waals surface area contributed by atoms with Gasteiger partial charge in [0.2, 0.25) is 0 Å². The highest BCUT2D eigenvalue weighted by Gasteiger charge is 2.23. The minimum absolute atomic E-state index is 0.0757. The van der Waals surface area contributed by atoms with Gasteiger partial charge in [0.25, 0.3) is 6.43 Å². The van der Waals surface area contributed by atoms with Crippen LogP contribution in [0.15, 0.2) is 6.20 Å². The molecule has 1 rings (SSSR count). The Kier molecular flexibility index (Phi) is 3.39. The molecule has 0 saturated heterocycles. The van der Waals surface area contributed by atoms with Crippen LogP contribution in [-0.2, 0) is 0 Å².